The van der Waals surface area contributed by atoms with Crippen LogP contribution < -0.4 is 5.32 Å². The van der Waals surface area contributed by atoms with Crippen molar-refractivity contribution in [2.45, 2.75) is 32.4 Å². The van der Waals surface area contributed by atoms with Crippen LogP contribution in [-0.4, -0.2) is 34.6 Å². The number of likely N-dealkylation sites (tertiary alicyclic amines) is 1. The summed E-state index contributed by atoms with van der Waals surface area (Å²) in [6.07, 6.45) is 1.03. The van der Waals surface area contributed by atoms with E-state index in [9.17, 15) is 9.59 Å². The molecule has 1 aliphatic heterocycles. The number of rotatable bonds is 3. The fourth-order valence-corrected chi connectivity index (χ4v) is 3.04. The molecule has 1 aromatic rings. The molecule has 6 heteroatoms. The molecule has 1 heterocycles. The number of nitrogens with zero attached hydrogens (tertiary/aromatic N) is 1. The van der Waals surface area contributed by atoms with Gasteiger partial charge in [0.2, 0.25) is 0 Å². The first-order chi connectivity index (χ1) is 9.99. The molecule has 1 fully saturated rings. The third kappa shape index (κ3) is 3.97. The van der Waals surface area contributed by atoms with Crippen LogP contribution in [0.15, 0.2) is 28.7 Å². The van der Waals surface area contributed by atoms with Gasteiger partial charge in [0.25, 0.3) is 0 Å². The zero-order valence-corrected chi connectivity index (χ0v) is 13.5. The summed E-state index contributed by atoms with van der Waals surface area (Å²) in [6, 6.07) is 7.54. The topological polar surface area (TPSA) is 69.6 Å². The van der Waals surface area contributed by atoms with Crippen LogP contribution >= 0.6 is 15.9 Å². The molecule has 2 amide bonds. The monoisotopic (exact) mass is 354 g/mol. The zero-order chi connectivity index (χ0) is 15.4. The lowest BCUT2D eigenvalue weighted by Gasteiger charge is -2.36. The molecule has 2 rings (SSSR count). The van der Waals surface area contributed by atoms with E-state index >= 15 is 0 Å². The lowest BCUT2D eigenvalue weighted by Crippen LogP contribution is -2.50. The molecule has 0 radical (unpaired) electrons. The second-order valence-corrected chi connectivity index (χ2v) is 6.21. The predicted octanol–water partition coefficient (Wildman–Crippen LogP) is 2.84. The predicted molar refractivity (Wildman–Crippen MR) is 82.9 cm³/mol. The number of amides is 2. The summed E-state index contributed by atoms with van der Waals surface area (Å²) in [6.45, 7) is 2.83. The molecule has 2 N–H and O–H groups in total. The Kier molecular flexibility index (Phi) is 5.22. The molecule has 0 saturated carbocycles. The van der Waals surface area contributed by atoms with Crippen molar-refractivity contribution < 1.29 is 14.7 Å². The molecule has 2 atom stereocenters. The maximum absolute atomic E-state index is 12.2. The lowest BCUT2D eigenvalue weighted by atomic mass is 9.92. The fourth-order valence-electron chi connectivity index (χ4n) is 2.61. The van der Waals surface area contributed by atoms with Gasteiger partial charge >= 0.3 is 12.0 Å². The van der Waals surface area contributed by atoms with E-state index in [0.29, 0.717) is 25.9 Å². The van der Waals surface area contributed by atoms with E-state index in [1.807, 2.05) is 31.2 Å². The lowest BCUT2D eigenvalue weighted by molar-refractivity contribution is -0.143. The van der Waals surface area contributed by atoms with Crippen molar-refractivity contribution in [3.8, 4) is 0 Å². The van der Waals surface area contributed by atoms with Crippen molar-refractivity contribution >= 4 is 27.9 Å². The van der Waals surface area contributed by atoms with Crippen LogP contribution in [-0.2, 0) is 11.3 Å². The van der Waals surface area contributed by atoms with Gasteiger partial charge in [-0.15, -0.1) is 0 Å². The number of benzene rings is 1. The first-order valence-electron chi connectivity index (χ1n) is 6.99. The molecular weight excluding hydrogens is 336 g/mol. The van der Waals surface area contributed by atoms with Crippen LogP contribution in [0.5, 0.6) is 0 Å². The Hall–Kier alpha value is -1.56. The third-order valence-corrected chi connectivity index (χ3v) is 4.65. The molecule has 21 heavy (non-hydrogen) atoms. The highest BCUT2D eigenvalue weighted by molar-refractivity contribution is 9.10. The number of urea groups is 1. The first-order valence-corrected chi connectivity index (χ1v) is 7.79. The van der Waals surface area contributed by atoms with Crippen molar-refractivity contribution in [3.05, 3.63) is 34.3 Å². The Morgan fingerprint density at radius 3 is 2.76 bits per heavy atom. The van der Waals surface area contributed by atoms with Crippen molar-refractivity contribution in [3.63, 3.8) is 0 Å². The largest absolute Gasteiger partial charge is 0.481 e. The summed E-state index contributed by atoms with van der Waals surface area (Å²) in [5.41, 5.74) is 1.01. The maximum Gasteiger partial charge on any atom is 0.317 e. The van der Waals surface area contributed by atoms with Crippen LogP contribution in [0.25, 0.3) is 0 Å². The Bertz CT molecular complexity index is 535. The summed E-state index contributed by atoms with van der Waals surface area (Å²) in [4.78, 5) is 24.9. The van der Waals surface area contributed by atoms with E-state index < -0.39 is 5.97 Å². The van der Waals surface area contributed by atoms with Gasteiger partial charge < -0.3 is 15.3 Å². The highest BCUT2D eigenvalue weighted by atomic mass is 79.9. The van der Waals surface area contributed by atoms with E-state index in [-0.39, 0.29) is 18.0 Å². The van der Waals surface area contributed by atoms with E-state index in [0.717, 1.165) is 10.0 Å². The molecule has 1 saturated heterocycles. The van der Waals surface area contributed by atoms with Gasteiger partial charge in [0, 0.05) is 23.6 Å². The summed E-state index contributed by atoms with van der Waals surface area (Å²) >= 11 is 3.45. The van der Waals surface area contributed by atoms with Gasteiger partial charge in [0.05, 0.1) is 5.92 Å². The van der Waals surface area contributed by atoms with Crippen LogP contribution in [0, 0.1) is 5.92 Å². The Morgan fingerprint density at radius 1 is 1.43 bits per heavy atom. The molecule has 0 aliphatic carbocycles. The number of carboxylic acids is 1. The minimum Gasteiger partial charge on any atom is -0.481 e. The molecule has 0 aromatic heterocycles. The molecule has 114 valence electrons. The number of piperidine rings is 1. The number of carbonyl (C=O) groups is 2. The average molecular weight is 355 g/mol. The normalized spacial score (nSPS) is 21.9. The number of carboxylic acid groups (broad SMARTS) is 1. The molecule has 1 aromatic carbocycles. The number of carbonyl (C=O) groups excluding carboxylic acids is 1. The van der Waals surface area contributed by atoms with Crippen molar-refractivity contribution in [2.75, 3.05) is 6.54 Å². The van der Waals surface area contributed by atoms with Gasteiger partial charge in [-0.2, -0.15) is 0 Å². The van der Waals surface area contributed by atoms with Gasteiger partial charge in [-0.3, -0.25) is 4.79 Å². The molecule has 0 bridgehead atoms. The number of hydrogen-bond acceptors (Lipinski definition) is 2. The summed E-state index contributed by atoms with van der Waals surface area (Å²) in [5, 5.41) is 11.9. The Balaban J connectivity index is 1.89. The first kappa shape index (κ1) is 15.8. The van der Waals surface area contributed by atoms with Crippen LogP contribution in [0.1, 0.15) is 25.3 Å². The number of aliphatic carboxylic acids is 1. The number of hydrogen-bond donors (Lipinski definition) is 2. The third-order valence-electron chi connectivity index (χ3n) is 3.87. The SMILES string of the molecule is CC1CC(C(=O)O)CCN1C(=O)NCc1ccccc1Br. The second kappa shape index (κ2) is 6.93. The Morgan fingerprint density at radius 2 is 2.14 bits per heavy atom. The highest BCUT2D eigenvalue weighted by Crippen LogP contribution is 2.23. The molecular formula is C15H19BrN2O3. The molecule has 0 spiro atoms. The van der Waals surface area contributed by atoms with Gasteiger partial charge in [0.15, 0.2) is 0 Å². The standard InChI is InChI=1S/C15H19BrN2O3/c1-10-8-11(14(19)20)6-7-18(10)15(21)17-9-12-4-2-3-5-13(12)16/h2-5,10-11H,6-9H2,1H3,(H,17,21)(H,19,20). The second-order valence-electron chi connectivity index (χ2n) is 5.35. The van der Waals surface area contributed by atoms with Crippen molar-refractivity contribution in [1.82, 2.24) is 10.2 Å². The summed E-state index contributed by atoms with van der Waals surface area (Å²) in [5.74, 6) is -1.11. The smallest absolute Gasteiger partial charge is 0.317 e. The number of nitrogens with one attached hydrogen (secondary N) is 1. The van der Waals surface area contributed by atoms with Gasteiger partial charge in [0.1, 0.15) is 0 Å². The fraction of sp³-hybridized carbons (Fsp3) is 0.467. The minimum atomic E-state index is -0.768. The van der Waals surface area contributed by atoms with E-state index in [1.165, 1.54) is 0 Å². The van der Waals surface area contributed by atoms with Crippen LogP contribution in [0.3, 0.4) is 0 Å². The zero-order valence-electron chi connectivity index (χ0n) is 11.9. The molecule has 1 aliphatic rings. The Labute approximate surface area is 132 Å². The summed E-state index contributed by atoms with van der Waals surface area (Å²) < 4.78 is 0.961. The highest BCUT2D eigenvalue weighted by Gasteiger charge is 2.32. The van der Waals surface area contributed by atoms with Crippen LogP contribution in [0.4, 0.5) is 4.79 Å². The van der Waals surface area contributed by atoms with E-state index in [4.69, 9.17) is 5.11 Å². The minimum absolute atomic E-state index is 0.0564. The molecule has 2 unspecified atom stereocenters. The van der Waals surface area contributed by atoms with Crippen molar-refractivity contribution in [2.24, 2.45) is 5.92 Å². The van der Waals surface area contributed by atoms with Gasteiger partial charge in [-0.25, -0.2) is 4.79 Å². The summed E-state index contributed by atoms with van der Waals surface area (Å²) in [7, 11) is 0. The molecule has 5 nitrogen and oxygen atoms in total. The number of halogens is 1. The van der Waals surface area contributed by atoms with Gasteiger partial charge in [-0.05, 0) is 31.4 Å². The van der Waals surface area contributed by atoms with E-state index in [1.54, 1.807) is 4.90 Å². The quantitative estimate of drug-likeness (QED) is 0.876. The average Bonchev–Trinajstić information content (AvgIpc) is 2.46. The van der Waals surface area contributed by atoms with E-state index in [2.05, 4.69) is 21.2 Å². The van der Waals surface area contributed by atoms with Crippen molar-refractivity contribution in [1.29, 1.82) is 0 Å². The van der Waals surface area contributed by atoms with Crippen LogP contribution in [0.2, 0.25) is 0 Å². The van der Waals surface area contributed by atoms with Gasteiger partial charge in [-0.1, -0.05) is 34.1 Å². The maximum atomic E-state index is 12.2.